The Morgan fingerprint density at radius 2 is 1.69 bits per heavy atom. The maximum Gasteiger partial charge on any atom is 0.265 e. The highest BCUT2D eigenvalue weighted by Gasteiger charge is 2.21. The fourth-order valence-corrected chi connectivity index (χ4v) is 3.97. The van der Waals surface area contributed by atoms with E-state index in [1.807, 2.05) is 47.0 Å². The zero-order chi connectivity index (χ0) is 22.2. The van der Waals surface area contributed by atoms with E-state index < -0.39 is 0 Å². The molecule has 0 fully saturated rings. The van der Waals surface area contributed by atoms with Crippen LogP contribution in [0.15, 0.2) is 53.6 Å². The monoisotopic (exact) mass is 429 g/mol. The Morgan fingerprint density at radius 1 is 0.938 bits per heavy atom. The van der Waals surface area contributed by atoms with E-state index in [0.717, 1.165) is 29.6 Å². The average Bonchev–Trinajstić information content (AvgIpc) is 3.15. The summed E-state index contributed by atoms with van der Waals surface area (Å²) in [5.41, 5.74) is 3.74. The molecular weight excluding hydrogens is 406 g/mol. The number of rotatable bonds is 6. The number of fused-ring (bicyclic) bond motifs is 4. The summed E-state index contributed by atoms with van der Waals surface area (Å²) in [4.78, 5) is 27.8. The Morgan fingerprint density at radius 3 is 2.41 bits per heavy atom. The molecule has 0 aliphatic heterocycles. The molecule has 0 N–H and O–H groups in total. The third-order valence-corrected chi connectivity index (χ3v) is 5.61. The molecule has 8 nitrogen and oxygen atoms in total. The Balaban J connectivity index is 1.90. The van der Waals surface area contributed by atoms with Gasteiger partial charge in [0.15, 0.2) is 22.8 Å². The summed E-state index contributed by atoms with van der Waals surface area (Å²) >= 11 is 0. The van der Waals surface area contributed by atoms with E-state index >= 15 is 0 Å². The van der Waals surface area contributed by atoms with Gasteiger partial charge in [0.1, 0.15) is 10.9 Å². The number of methoxy groups -OCH3 is 2. The molecule has 32 heavy (non-hydrogen) atoms. The number of aromatic nitrogens is 5. The molecule has 5 aromatic rings. The van der Waals surface area contributed by atoms with Crippen LogP contribution >= 0.6 is 0 Å². The van der Waals surface area contributed by atoms with Gasteiger partial charge in [-0.05, 0) is 30.7 Å². The lowest BCUT2D eigenvalue weighted by molar-refractivity contribution is 0.355. The molecular formula is C24H23N5O3. The van der Waals surface area contributed by atoms with Crippen molar-refractivity contribution in [1.82, 2.24) is 24.1 Å². The van der Waals surface area contributed by atoms with Crippen LogP contribution in [0.25, 0.3) is 38.9 Å². The van der Waals surface area contributed by atoms with Gasteiger partial charge in [0.25, 0.3) is 5.56 Å². The molecule has 3 heterocycles. The number of nitrogens with zero attached hydrogens (tertiary/aromatic N) is 5. The third-order valence-electron chi connectivity index (χ3n) is 5.61. The summed E-state index contributed by atoms with van der Waals surface area (Å²) in [7, 11) is 3.18. The second-order valence-corrected chi connectivity index (χ2v) is 7.55. The van der Waals surface area contributed by atoms with E-state index in [9.17, 15) is 4.79 Å². The summed E-state index contributed by atoms with van der Waals surface area (Å²) in [5.74, 6) is 1.19. The first-order valence-corrected chi connectivity index (χ1v) is 10.5. The van der Waals surface area contributed by atoms with E-state index in [4.69, 9.17) is 19.4 Å². The van der Waals surface area contributed by atoms with Crippen molar-refractivity contribution in [3.05, 3.63) is 59.1 Å². The average molecular weight is 429 g/mol. The minimum atomic E-state index is -0.114. The van der Waals surface area contributed by atoms with Crippen molar-refractivity contribution < 1.29 is 9.47 Å². The number of ether oxygens (including phenoxy) is 2. The molecule has 0 saturated heterocycles. The first-order valence-electron chi connectivity index (χ1n) is 10.5. The van der Waals surface area contributed by atoms with Gasteiger partial charge in [-0.1, -0.05) is 25.5 Å². The van der Waals surface area contributed by atoms with E-state index in [-0.39, 0.29) is 5.56 Å². The molecule has 0 amide bonds. The summed E-state index contributed by atoms with van der Waals surface area (Å²) in [6.45, 7) is 2.71. The zero-order valence-corrected chi connectivity index (χ0v) is 18.2. The molecule has 0 unspecified atom stereocenters. The summed E-state index contributed by atoms with van der Waals surface area (Å²) in [5, 5.41) is 0.464. The van der Waals surface area contributed by atoms with Gasteiger partial charge in [-0.2, -0.15) is 0 Å². The molecule has 2 aromatic carbocycles. The van der Waals surface area contributed by atoms with Gasteiger partial charge in [0.2, 0.25) is 0 Å². The van der Waals surface area contributed by atoms with Crippen LogP contribution in [0, 0.1) is 0 Å². The fraction of sp³-hybridized carbons (Fsp3) is 0.250. The van der Waals surface area contributed by atoms with Crippen molar-refractivity contribution in [1.29, 1.82) is 0 Å². The lowest BCUT2D eigenvalue weighted by Crippen LogP contribution is -2.20. The molecule has 0 atom stereocenters. The molecule has 0 bridgehead atoms. The Labute approximate surface area is 184 Å². The maximum atomic E-state index is 13.4. The van der Waals surface area contributed by atoms with Crippen molar-refractivity contribution in [3.8, 4) is 17.2 Å². The molecule has 0 spiro atoms. The number of benzene rings is 2. The van der Waals surface area contributed by atoms with Crippen LogP contribution < -0.4 is 15.0 Å². The molecule has 0 saturated carbocycles. The highest BCUT2D eigenvalue weighted by molar-refractivity contribution is 6.05. The molecule has 0 aliphatic carbocycles. The van der Waals surface area contributed by atoms with E-state index in [0.29, 0.717) is 40.2 Å². The van der Waals surface area contributed by atoms with Gasteiger partial charge in [0.05, 0.1) is 37.3 Å². The van der Waals surface area contributed by atoms with Crippen LogP contribution in [0.2, 0.25) is 0 Å². The van der Waals surface area contributed by atoms with Crippen LogP contribution in [0.4, 0.5) is 0 Å². The number of hydrogen-bond donors (Lipinski definition) is 0. The predicted molar refractivity (Wildman–Crippen MR) is 124 cm³/mol. The van der Waals surface area contributed by atoms with E-state index in [1.54, 1.807) is 25.1 Å². The van der Waals surface area contributed by atoms with Crippen LogP contribution in [-0.2, 0) is 6.54 Å². The minimum Gasteiger partial charge on any atom is -0.493 e. The summed E-state index contributed by atoms with van der Waals surface area (Å²) in [6.07, 6.45) is 3.49. The Kier molecular flexibility index (Phi) is 4.97. The van der Waals surface area contributed by atoms with Gasteiger partial charge >= 0.3 is 0 Å². The number of unbranched alkanes of at least 4 members (excludes halogenated alkanes) is 1. The summed E-state index contributed by atoms with van der Waals surface area (Å²) < 4.78 is 14.4. The predicted octanol–water partition coefficient (Wildman–Crippen LogP) is 4.10. The second-order valence-electron chi connectivity index (χ2n) is 7.55. The maximum absolute atomic E-state index is 13.4. The van der Waals surface area contributed by atoms with Crippen molar-refractivity contribution in [2.75, 3.05) is 14.2 Å². The highest BCUT2D eigenvalue weighted by Crippen LogP contribution is 2.33. The Hall–Kier alpha value is -3.94. The van der Waals surface area contributed by atoms with Crippen molar-refractivity contribution in [2.45, 2.75) is 26.3 Å². The molecule has 162 valence electrons. The van der Waals surface area contributed by atoms with E-state index in [1.165, 1.54) is 0 Å². The van der Waals surface area contributed by atoms with Crippen molar-refractivity contribution in [2.24, 2.45) is 0 Å². The van der Waals surface area contributed by atoms with Crippen molar-refractivity contribution in [3.63, 3.8) is 0 Å². The molecule has 0 radical (unpaired) electrons. The smallest absolute Gasteiger partial charge is 0.265 e. The lowest BCUT2D eigenvalue weighted by atomic mass is 10.2. The molecule has 0 aliphatic rings. The topological polar surface area (TPSA) is 84.1 Å². The molecule has 3 aromatic heterocycles. The van der Waals surface area contributed by atoms with Gasteiger partial charge in [-0.25, -0.2) is 15.0 Å². The second kappa shape index (κ2) is 7.96. The SMILES string of the molecule is CCCCn1cnc2c(c1=O)c1nc3ccccc3nc1n2-c1ccc(OC)c(OC)c1. The zero-order valence-electron chi connectivity index (χ0n) is 18.2. The molecule has 5 rings (SSSR count). The standard InChI is InChI=1S/C24H23N5O3/c1-4-5-12-28-14-25-22-20(24(28)30)21-23(27-17-9-7-6-8-16(17)26-21)29(22)15-10-11-18(31-2)19(13-15)32-3/h6-11,13-14H,4-5,12H2,1-3H3. The third kappa shape index (κ3) is 3.07. The van der Waals surface area contributed by atoms with Crippen LogP contribution in [0.3, 0.4) is 0 Å². The van der Waals surface area contributed by atoms with Crippen LogP contribution in [-0.4, -0.2) is 38.3 Å². The van der Waals surface area contributed by atoms with Gasteiger partial charge in [-0.3, -0.25) is 13.9 Å². The van der Waals surface area contributed by atoms with Gasteiger partial charge in [0, 0.05) is 12.6 Å². The van der Waals surface area contributed by atoms with Gasteiger partial charge in [-0.15, -0.1) is 0 Å². The minimum absolute atomic E-state index is 0.114. The highest BCUT2D eigenvalue weighted by atomic mass is 16.5. The van der Waals surface area contributed by atoms with Gasteiger partial charge < -0.3 is 9.47 Å². The normalized spacial score (nSPS) is 11.5. The number of hydrogen-bond acceptors (Lipinski definition) is 6. The fourth-order valence-electron chi connectivity index (χ4n) is 3.97. The summed E-state index contributed by atoms with van der Waals surface area (Å²) in [6, 6.07) is 13.2. The van der Waals surface area contributed by atoms with Crippen LogP contribution in [0.5, 0.6) is 11.5 Å². The van der Waals surface area contributed by atoms with Crippen molar-refractivity contribution >= 4 is 33.2 Å². The van der Waals surface area contributed by atoms with E-state index in [2.05, 4.69) is 11.9 Å². The van der Waals surface area contributed by atoms with Crippen LogP contribution in [0.1, 0.15) is 19.8 Å². The number of para-hydroxylation sites is 2. The molecule has 8 heteroatoms. The quantitative estimate of drug-likeness (QED) is 0.404. The Bertz CT molecular complexity index is 1520. The number of aryl methyl sites for hydroxylation is 1. The first kappa shape index (κ1) is 20.0. The lowest BCUT2D eigenvalue weighted by Gasteiger charge is -2.12. The largest absolute Gasteiger partial charge is 0.493 e. The first-order chi connectivity index (χ1) is 15.7.